The van der Waals surface area contributed by atoms with Gasteiger partial charge in [0.15, 0.2) is 0 Å². The molecule has 1 N–H and O–H groups in total. The molecule has 0 fully saturated rings. The minimum Gasteiger partial charge on any atom is -0.465 e. The van der Waals surface area contributed by atoms with Crippen molar-refractivity contribution in [1.82, 2.24) is 0 Å². The second-order valence-corrected chi connectivity index (χ2v) is 2.96. The van der Waals surface area contributed by atoms with E-state index in [4.69, 9.17) is 10.00 Å². The van der Waals surface area contributed by atoms with Crippen molar-refractivity contribution in [3.63, 3.8) is 0 Å². The van der Waals surface area contributed by atoms with E-state index in [0.717, 1.165) is 6.07 Å². The highest BCUT2D eigenvalue weighted by Crippen LogP contribution is 2.15. The fraction of sp³-hybridized carbons (Fsp3) is 0.273. The topological polar surface area (TPSA) is 62.1 Å². The van der Waals surface area contributed by atoms with Crippen molar-refractivity contribution in [3.8, 4) is 6.07 Å². The Balaban J connectivity index is 2.67. The number of esters is 1. The monoisotopic (exact) mass is 222 g/mol. The number of nitrogens with zero attached hydrogens (tertiary/aromatic N) is 1. The molecular formula is C11H11FN2O2. The smallest absolute Gasteiger partial charge is 0.325 e. The summed E-state index contributed by atoms with van der Waals surface area (Å²) in [5.41, 5.74) is 0.571. The largest absolute Gasteiger partial charge is 0.465 e. The van der Waals surface area contributed by atoms with Crippen molar-refractivity contribution >= 4 is 11.7 Å². The van der Waals surface area contributed by atoms with Crippen LogP contribution in [0.2, 0.25) is 0 Å². The van der Waals surface area contributed by atoms with Crippen LogP contribution < -0.4 is 5.32 Å². The molecule has 1 rings (SSSR count). The molecule has 0 radical (unpaired) electrons. The van der Waals surface area contributed by atoms with E-state index in [1.807, 2.05) is 6.07 Å². The molecule has 0 unspecified atom stereocenters. The van der Waals surface area contributed by atoms with Gasteiger partial charge in [-0.3, -0.25) is 4.79 Å². The molecule has 0 atom stereocenters. The van der Waals surface area contributed by atoms with E-state index < -0.39 is 11.8 Å². The zero-order chi connectivity index (χ0) is 12.0. The average Bonchev–Trinajstić information content (AvgIpc) is 2.27. The van der Waals surface area contributed by atoms with Crippen molar-refractivity contribution < 1.29 is 13.9 Å². The van der Waals surface area contributed by atoms with Gasteiger partial charge in [0.05, 0.1) is 17.9 Å². The van der Waals surface area contributed by atoms with E-state index in [9.17, 15) is 9.18 Å². The summed E-state index contributed by atoms with van der Waals surface area (Å²) in [7, 11) is 0. The minimum atomic E-state index is -0.488. The second kappa shape index (κ2) is 5.71. The van der Waals surface area contributed by atoms with Crippen LogP contribution in [-0.2, 0) is 9.53 Å². The number of hydrogen-bond acceptors (Lipinski definition) is 4. The van der Waals surface area contributed by atoms with Gasteiger partial charge in [-0.25, -0.2) is 4.39 Å². The lowest BCUT2D eigenvalue weighted by Crippen LogP contribution is -2.17. The molecule has 0 heterocycles. The molecular weight excluding hydrogens is 211 g/mol. The molecule has 0 saturated heterocycles. The number of anilines is 1. The Hall–Kier alpha value is -2.09. The molecule has 0 amide bonds. The number of nitrogens with one attached hydrogen (secondary N) is 1. The van der Waals surface area contributed by atoms with Gasteiger partial charge in [0.25, 0.3) is 0 Å². The lowest BCUT2D eigenvalue weighted by atomic mass is 10.2. The number of rotatable bonds is 4. The van der Waals surface area contributed by atoms with Gasteiger partial charge in [0, 0.05) is 0 Å². The summed E-state index contributed by atoms with van der Waals surface area (Å²) in [5, 5.41) is 11.5. The van der Waals surface area contributed by atoms with Crippen LogP contribution >= 0.6 is 0 Å². The number of carbonyl (C=O) groups excluding carboxylic acids is 1. The Labute approximate surface area is 92.6 Å². The summed E-state index contributed by atoms with van der Waals surface area (Å²) >= 11 is 0. The van der Waals surface area contributed by atoms with E-state index in [0.29, 0.717) is 12.3 Å². The van der Waals surface area contributed by atoms with Gasteiger partial charge in [-0.15, -0.1) is 0 Å². The molecule has 0 spiro atoms. The molecule has 0 bridgehead atoms. The fourth-order valence-corrected chi connectivity index (χ4v) is 1.14. The molecule has 0 aromatic heterocycles. The van der Waals surface area contributed by atoms with Crippen molar-refractivity contribution in [2.75, 3.05) is 18.5 Å². The van der Waals surface area contributed by atoms with Gasteiger partial charge >= 0.3 is 5.97 Å². The normalized spacial score (nSPS) is 9.31. The van der Waals surface area contributed by atoms with Gasteiger partial charge in [0.2, 0.25) is 0 Å². The highest BCUT2D eigenvalue weighted by Gasteiger charge is 2.06. The van der Waals surface area contributed by atoms with Crippen LogP contribution in [0.15, 0.2) is 18.2 Å². The van der Waals surface area contributed by atoms with Crippen LogP contribution in [0.1, 0.15) is 12.5 Å². The molecule has 84 valence electrons. The van der Waals surface area contributed by atoms with Crippen LogP contribution in [0.5, 0.6) is 0 Å². The predicted octanol–water partition coefficient (Wildman–Crippen LogP) is 1.67. The molecule has 0 saturated carbocycles. The van der Waals surface area contributed by atoms with Crippen LogP contribution in [0, 0.1) is 17.1 Å². The molecule has 5 heteroatoms. The average molecular weight is 222 g/mol. The van der Waals surface area contributed by atoms with Gasteiger partial charge in [-0.1, -0.05) is 0 Å². The number of hydrogen-bond donors (Lipinski definition) is 1. The lowest BCUT2D eigenvalue weighted by Gasteiger charge is -2.07. The van der Waals surface area contributed by atoms with Crippen LogP contribution in [0.4, 0.5) is 10.1 Å². The molecule has 0 aliphatic rings. The zero-order valence-corrected chi connectivity index (χ0v) is 8.79. The number of nitriles is 1. The SMILES string of the molecule is CCOC(=O)CNc1ccc(F)cc1C#N. The summed E-state index contributed by atoms with van der Waals surface area (Å²) in [5.74, 6) is -0.908. The van der Waals surface area contributed by atoms with E-state index in [2.05, 4.69) is 5.32 Å². The molecule has 4 nitrogen and oxygen atoms in total. The number of ether oxygens (including phenoxy) is 1. The highest BCUT2D eigenvalue weighted by atomic mass is 19.1. The van der Waals surface area contributed by atoms with E-state index in [1.54, 1.807) is 6.92 Å². The third-order valence-electron chi connectivity index (χ3n) is 1.83. The summed E-state index contributed by atoms with van der Waals surface area (Å²) in [6, 6.07) is 5.57. The summed E-state index contributed by atoms with van der Waals surface area (Å²) in [4.78, 5) is 11.0. The van der Waals surface area contributed by atoms with Gasteiger partial charge in [-0.05, 0) is 25.1 Å². The van der Waals surface area contributed by atoms with Crippen molar-refractivity contribution in [1.29, 1.82) is 5.26 Å². The second-order valence-electron chi connectivity index (χ2n) is 2.96. The summed E-state index contributed by atoms with van der Waals surface area (Å²) in [6.07, 6.45) is 0. The lowest BCUT2D eigenvalue weighted by molar-refractivity contribution is -0.140. The first-order chi connectivity index (χ1) is 7.67. The first kappa shape index (κ1) is 12.0. The number of benzene rings is 1. The van der Waals surface area contributed by atoms with Crippen molar-refractivity contribution in [2.45, 2.75) is 6.92 Å². The quantitative estimate of drug-likeness (QED) is 0.787. The summed E-state index contributed by atoms with van der Waals surface area (Å²) in [6.45, 7) is 1.96. The Morgan fingerprint density at radius 2 is 2.38 bits per heavy atom. The first-order valence-electron chi connectivity index (χ1n) is 4.76. The minimum absolute atomic E-state index is 0.0475. The van der Waals surface area contributed by atoms with Crippen LogP contribution in [0.3, 0.4) is 0 Å². The first-order valence-corrected chi connectivity index (χ1v) is 4.76. The third-order valence-corrected chi connectivity index (χ3v) is 1.83. The Morgan fingerprint density at radius 1 is 1.62 bits per heavy atom. The van der Waals surface area contributed by atoms with E-state index in [1.165, 1.54) is 12.1 Å². The van der Waals surface area contributed by atoms with Crippen molar-refractivity contribution in [3.05, 3.63) is 29.6 Å². The molecule has 0 aliphatic heterocycles. The highest BCUT2D eigenvalue weighted by molar-refractivity contribution is 5.75. The van der Waals surface area contributed by atoms with Gasteiger partial charge < -0.3 is 10.1 Å². The van der Waals surface area contributed by atoms with Crippen LogP contribution in [-0.4, -0.2) is 19.1 Å². The third kappa shape index (κ3) is 3.24. The van der Waals surface area contributed by atoms with Crippen molar-refractivity contribution in [2.24, 2.45) is 0 Å². The zero-order valence-electron chi connectivity index (χ0n) is 8.79. The Bertz CT molecular complexity index is 426. The summed E-state index contributed by atoms with van der Waals surface area (Å²) < 4.78 is 17.5. The van der Waals surface area contributed by atoms with Gasteiger partial charge in [-0.2, -0.15) is 5.26 Å². The Kier molecular flexibility index (Phi) is 4.28. The van der Waals surface area contributed by atoms with Gasteiger partial charge in [0.1, 0.15) is 18.4 Å². The molecule has 0 aliphatic carbocycles. The molecule has 16 heavy (non-hydrogen) atoms. The van der Waals surface area contributed by atoms with Crippen LogP contribution in [0.25, 0.3) is 0 Å². The molecule has 1 aromatic rings. The van der Waals surface area contributed by atoms with E-state index in [-0.39, 0.29) is 12.1 Å². The number of halogens is 1. The maximum absolute atomic E-state index is 12.8. The maximum atomic E-state index is 12.8. The molecule has 1 aromatic carbocycles. The Morgan fingerprint density at radius 3 is 3.00 bits per heavy atom. The standard InChI is InChI=1S/C11H11FN2O2/c1-2-16-11(15)7-14-10-4-3-9(12)5-8(10)6-13/h3-5,14H,2,7H2,1H3. The fourth-order valence-electron chi connectivity index (χ4n) is 1.14. The number of carbonyl (C=O) groups is 1. The predicted molar refractivity (Wildman–Crippen MR) is 56.2 cm³/mol. The van der Waals surface area contributed by atoms with E-state index >= 15 is 0 Å². The maximum Gasteiger partial charge on any atom is 0.325 e.